The molecular weight excluding hydrogens is 408 g/mol. The second-order valence-electron chi connectivity index (χ2n) is 8.05. The molecule has 1 amide bonds. The molecule has 3 rings (SSSR count). The van der Waals surface area contributed by atoms with Crippen molar-refractivity contribution >= 4 is 28.9 Å². The minimum Gasteiger partial charge on any atom is -0.398 e. The predicted octanol–water partition coefficient (Wildman–Crippen LogP) is 5.24. The molecule has 162 valence electrons. The fraction of sp³-hybridized carbons (Fsp3) is 0.435. The van der Waals surface area contributed by atoms with Crippen molar-refractivity contribution < 1.29 is 13.6 Å². The van der Waals surface area contributed by atoms with E-state index in [2.05, 4.69) is 13.8 Å². The smallest absolute Gasteiger partial charge is 0.222 e. The SMILES string of the molecule is CCC(C)CC(=O)N1CC[C@H](N(Cc2cccc(F)c2F)c2ccc(N)c(Cl)c2)C1. The Kier molecular flexibility index (Phi) is 7.19. The van der Waals surface area contributed by atoms with E-state index in [1.807, 2.05) is 15.9 Å². The van der Waals surface area contributed by atoms with Crippen LogP contribution in [0.25, 0.3) is 0 Å². The fourth-order valence-corrected chi connectivity index (χ4v) is 3.95. The van der Waals surface area contributed by atoms with Crippen LogP contribution in [-0.2, 0) is 11.3 Å². The van der Waals surface area contributed by atoms with Crippen LogP contribution in [0.4, 0.5) is 20.2 Å². The van der Waals surface area contributed by atoms with Gasteiger partial charge in [0.15, 0.2) is 11.6 Å². The number of anilines is 2. The van der Waals surface area contributed by atoms with E-state index >= 15 is 0 Å². The van der Waals surface area contributed by atoms with Crippen LogP contribution in [0.5, 0.6) is 0 Å². The van der Waals surface area contributed by atoms with Gasteiger partial charge in [-0.2, -0.15) is 0 Å². The molecule has 0 bridgehead atoms. The number of likely N-dealkylation sites (tertiary alicyclic amines) is 1. The first-order valence-electron chi connectivity index (χ1n) is 10.3. The molecule has 1 aliphatic rings. The lowest BCUT2D eigenvalue weighted by Crippen LogP contribution is -2.39. The topological polar surface area (TPSA) is 49.6 Å². The standard InChI is InChI=1S/C23H28ClF2N3O/c1-3-15(2)11-22(30)28-10-9-18(14-28)29(17-7-8-21(27)19(24)12-17)13-16-5-4-6-20(25)23(16)26/h4-8,12,15,18H,3,9-11,13-14,27H2,1-2H3/t15?,18-/m0/s1. The van der Waals surface area contributed by atoms with Gasteiger partial charge in [0.1, 0.15) is 0 Å². The zero-order valence-corrected chi connectivity index (χ0v) is 18.1. The number of rotatable bonds is 7. The van der Waals surface area contributed by atoms with Gasteiger partial charge < -0.3 is 15.5 Å². The average Bonchev–Trinajstić information content (AvgIpc) is 3.21. The van der Waals surface area contributed by atoms with Crippen molar-refractivity contribution in [2.45, 2.75) is 45.7 Å². The predicted molar refractivity (Wildman–Crippen MR) is 117 cm³/mol. The van der Waals surface area contributed by atoms with Gasteiger partial charge in [-0.15, -0.1) is 0 Å². The molecule has 0 radical (unpaired) electrons. The molecule has 0 saturated carbocycles. The highest BCUT2D eigenvalue weighted by atomic mass is 35.5. The summed E-state index contributed by atoms with van der Waals surface area (Å²) in [5.74, 6) is -1.25. The van der Waals surface area contributed by atoms with Crippen molar-refractivity contribution in [1.29, 1.82) is 0 Å². The Balaban J connectivity index is 1.85. The Morgan fingerprint density at radius 1 is 1.33 bits per heavy atom. The lowest BCUT2D eigenvalue weighted by atomic mass is 10.0. The zero-order valence-electron chi connectivity index (χ0n) is 17.4. The molecule has 0 spiro atoms. The minimum atomic E-state index is -0.875. The summed E-state index contributed by atoms with van der Waals surface area (Å²) in [4.78, 5) is 16.5. The third-order valence-corrected chi connectivity index (χ3v) is 6.19. The minimum absolute atomic E-state index is 0.0340. The summed E-state index contributed by atoms with van der Waals surface area (Å²) in [7, 11) is 0. The highest BCUT2D eigenvalue weighted by Gasteiger charge is 2.31. The van der Waals surface area contributed by atoms with Crippen molar-refractivity contribution in [3.05, 3.63) is 58.6 Å². The first-order chi connectivity index (χ1) is 14.3. The number of nitrogens with zero attached hydrogens (tertiary/aromatic N) is 2. The lowest BCUT2D eigenvalue weighted by molar-refractivity contribution is -0.131. The molecule has 0 aliphatic carbocycles. The molecule has 1 heterocycles. The Hall–Kier alpha value is -2.34. The largest absolute Gasteiger partial charge is 0.398 e. The molecular formula is C23H28ClF2N3O. The summed E-state index contributed by atoms with van der Waals surface area (Å²) in [5.41, 5.74) is 7.32. The van der Waals surface area contributed by atoms with Crippen LogP contribution in [0.3, 0.4) is 0 Å². The Bertz CT molecular complexity index is 908. The third kappa shape index (κ3) is 5.04. The monoisotopic (exact) mass is 435 g/mol. The number of amides is 1. The maximum Gasteiger partial charge on any atom is 0.222 e. The van der Waals surface area contributed by atoms with E-state index in [4.69, 9.17) is 17.3 Å². The maximum absolute atomic E-state index is 14.4. The van der Waals surface area contributed by atoms with Crippen molar-refractivity contribution in [3.63, 3.8) is 0 Å². The molecule has 30 heavy (non-hydrogen) atoms. The zero-order chi connectivity index (χ0) is 21.8. The van der Waals surface area contributed by atoms with Gasteiger partial charge in [-0.1, -0.05) is 44.0 Å². The normalized spacial score (nSPS) is 17.2. The van der Waals surface area contributed by atoms with Crippen LogP contribution >= 0.6 is 11.6 Å². The second kappa shape index (κ2) is 9.65. The molecule has 0 aromatic heterocycles. The first-order valence-corrected chi connectivity index (χ1v) is 10.7. The van der Waals surface area contributed by atoms with Crippen molar-refractivity contribution in [2.75, 3.05) is 23.7 Å². The van der Waals surface area contributed by atoms with Crippen molar-refractivity contribution in [3.8, 4) is 0 Å². The van der Waals surface area contributed by atoms with E-state index in [0.29, 0.717) is 36.1 Å². The van der Waals surface area contributed by atoms with Crippen LogP contribution in [0, 0.1) is 17.6 Å². The van der Waals surface area contributed by atoms with Gasteiger partial charge in [-0.3, -0.25) is 4.79 Å². The molecule has 2 aromatic carbocycles. The molecule has 2 atom stereocenters. The van der Waals surface area contributed by atoms with Crippen LogP contribution in [0.1, 0.15) is 38.7 Å². The fourth-order valence-electron chi connectivity index (χ4n) is 3.77. The first kappa shape index (κ1) is 22.3. The van der Waals surface area contributed by atoms with E-state index in [9.17, 15) is 13.6 Å². The summed E-state index contributed by atoms with van der Waals surface area (Å²) < 4.78 is 28.1. The average molecular weight is 436 g/mol. The summed E-state index contributed by atoms with van der Waals surface area (Å²) in [6, 6.07) is 9.40. The summed E-state index contributed by atoms with van der Waals surface area (Å²) in [6.45, 7) is 5.49. The van der Waals surface area contributed by atoms with Gasteiger partial charge in [-0.05, 0) is 36.6 Å². The number of hydrogen-bond acceptors (Lipinski definition) is 3. The van der Waals surface area contributed by atoms with Gasteiger partial charge in [0.2, 0.25) is 5.91 Å². The summed E-state index contributed by atoms with van der Waals surface area (Å²) in [6.07, 6.45) is 2.22. The number of nitrogen functional groups attached to an aromatic ring is 1. The molecule has 1 fully saturated rings. The van der Waals surface area contributed by atoms with Gasteiger partial charge >= 0.3 is 0 Å². The van der Waals surface area contributed by atoms with Crippen LogP contribution in [0.2, 0.25) is 5.02 Å². The number of benzene rings is 2. The molecule has 4 nitrogen and oxygen atoms in total. The van der Waals surface area contributed by atoms with E-state index in [0.717, 1.165) is 24.6 Å². The van der Waals surface area contributed by atoms with Crippen molar-refractivity contribution in [1.82, 2.24) is 4.90 Å². The van der Waals surface area contributed by atoms with Crippen LogP contribution in [-0.4, -0.2) is 29.9 Å². The van der Waals surface area contributed by atoms with Gasteiger partial charge in [0, 0.05) is 43.3 Å². The summed E-state index contributed by atoms with van der Waals surface area (Å²) in [5, 5.41) is 0.403. The number of nitrogens with two attached hydrogens (primary N) is 1. The molecule has 2 N–H and O–H groups in total. The van der Waals surface area contributed by atoms with Crippen molar-refractivity contribution in [2.24, 2.45) is 5.92 Å². The quantitative estimate of drug-likeness (QED) is 0.605. The molecule has 1 aliphatic heterocycles. The van der Waals surface area contributed by atoms with Gasteiger partial charge in [-0.25, -0.2) is 8.78 Å². The molecule has 1 saturated heterocycles. The number of halogens is 3. The van der Waals surface area contributed by atoms with E-state index in [-0.39, 0.29) is 24.1 Å². The van der Waals surface area contributed by atoms with E-state index in [1.54, 1.807) is 18.2 Å². The van der Waals surface area contributed by atoms with E-state index in [1.165, 1.54) is 6.07 Å². The van der Waals surface area contributed by atoms with E-state index < -0.39 is 11.6 Å². The van der Waals surface area contributed by atoms with Gasteiger partial charge in [0.25, 0.3) is 0 Å². The van der Waals surface area contributed by atoms with Crippen LogP contribution < -0.4 is 10.6 Å². The third-order valence-electron chi connectivity index (χ3n) is 5.86. The summed E-state index contributed by atoms with van der Waals surface area (Å²) >= 11 is 6.23. The Morgan fingerprint density at radius 2 is 2.10 bits per heavy atom. The molecule has 1 unspecified atom stereocenters. The molecule has 2 aromatic rings. The van der Waals surface area contributed by atoms with Gasteiger partial charge in [0.05, 0.1) is 10.7 Å². The Labute approximate surface area is 181 Å². The highest BCUT2D eigenvalue weighted by Crippen LogP contribution is 2.31. The Morgan fingerprint density at radius 3 is 2.80 bits per heavy atom. The number of carbonyl (C=O) groups excluding carboxylic acids is 1. The van der Waals surface area contributed by atoms with Crippen LogP contribution in [0.15, 0.2) is 36.4 Å². The lowest BCUT2D eigenvalue weighted by Gasteiger charge is -2.32. The number of hydrogen-bond donors (Lipinski definition) is 1. The molecule has 7 heteroatoms. The highest BCUT2D eigenvalue weighted by molar-refractivity contribution is 6.33. The maximum atomic E-state index is 14.4. The number of carbonyl (C=O) groups is 1. The second-order valence-corrected chi connectivity index (χ2v) is 8.45.